The number of hydrogen-bond donors (Lipinski definition) is 1. The monoisotopic (exact) mass is 301 g/mol. The summed E-state index contributed by atoms with van der Waals surface area (Å²) in [6, 6.07) is -1.12. The number of quaternary nitrogens is 1. The first-order valence-corrected chi connectivity index (χ1v) is 6.00. The van der Waals surface area contributed by atoms with E-state index in [1.807, 2.05) is 0 Å². The van der Waals surface area contributed by atoms with Crippen molar-refractivity contribution < 1.29 is 20.4 Å². The molecule has 0 bridgehead atoms. The van der Waals surface area contributed by atoms with Crippen LogP contribution in [0.3, 0.4) is 0 Å². The van der Waals surface area contributed by atoms with Crippen LogP contribution >= 0.6 is 46.1 Å². The molecular formula is C8H6Cl3NO3S. The summed E-state index contributed by atoms with van der Waals surface area (Å²) in [5.41, 5.74) is 3.27. The molecule has 0 amide bonds. The summed E-state index contributed by atoms with van der Waals surface area (Å²) in [4.78, 5) is 22.2. The van der Waals surface area contributed by atoms with E-state index in [2.05, 4.69) is 5.73 Å². The molecule has 1 rings (SSSR count). The molecule has 0 unspecified atom stereocenters. The van der Waals surface area contributed by atoms with Gasteiger partial charge in [0, 0.05) is 0 Å². The molecule has 8 heteroatoms. The van der Waals surface area contributed by atoms with Crippen molar-refractivity contribution in [3.05, 3.63) is 19.3 Å². The Labute approximate surface area is 110 Å². The summed E-state index contributed by atoms with van der Waals surface area (Å²) >= 11 is 18.1. The molecule has 1 aromatic heterocycles. The maximum Gasteiger partial charge on any atom is 0.180 e. The van der Waals surface area contributed by atoms with Crippen LogP contribution in [0.1, 0.15) is 16.1 Å². The first kappa shape index (κ1) is 13.7. The van der Waals surface area contributed by atoms with Crippen LogP contribution in [0.15, 0.2) is 0 Å². The Morgan fingerprint density at radius 1 is 1.31 bits per heavy atom. The quantitative estimate of drug-likeness (QED) is 0.828. The first-order chi connectivity index (χ1) is 7.34. The number of Topliss-reactive ketones (excluding diaryl/α,β-unsaturated/α-hetero) is 1. The van der Waals surface area contributed by atoms with Crippen molar-refractivity contribution in [2.24, 2.45) is 0 Å². The van der Waals surface area contributed by atoms with E-state index in [9.17, 15) is 14.7 Å². The third-order valence-electron chi connectivity index (χ3n) is 1.77. The third-order valence-corrected chi connectivity index (χ3v) is 4.39. The molecule has 0 aromatic carbocycles. The highest BCUT2D eigenvalue weighted by Gasteiger charge is 2.22. The minimum absolute atomic E-state index is 0.0483. The molecule has 0 saturated carbocycles. The average Bonchev–Trinajstić information content (AvgIpc) is 2.45. The molecule has 0 aliphatic carbocycles. The zero-order valence-corrected chi connectivity index (χ0v) is 10.8. The van der Waals surface area contributed by atoms with Crippen LogP contribution < -0.4 is 10.8 Å². The molecule has 0 radical (unpaired) electrons. The normalized spacial score (nSPS) is 12.5. The van der Waals surface area contributed by atoms with Crippen LogP contribution in [0.5, 0.6) is 0 Å². The second-order valence-electron chi connectivity index (χ2n) is 2.98. The zero-order chi connectivity index (χ0) is 12.5. The second-order valence-corrected chi connectivity index (χ2v) is 5.35. The fourth-order valence-corrected chi connectivity index (χ4v) is 2.72. The lowest BCUT2D eigenvalue weighted by Crippen LogP contribution is -2.68. The highest BCUT2D eigenvalue weighted by molar-refractivity contribution is 7.19. The molecule has 16 heavy (non-hydrogen) atoms. The molecule has 0 fully saturated rings. The maximum absolute atomic E-state index is 11.6. The Bertz CT molecular complexity index is 446. The molecule has 1 heterocycles. The fourth-order valence-electron chi connectivity index (χ4n) is 0.944. The van der Waals surface area contributed by atoms with Gasteiger partial charge in [0.25, 0.3) is 0 Å². The number of thiophene rings is 1. The van der Waals surface area contributed by atoms with E-state index in [0.29, 0.717) is 0 Å². The Morgan fingerprint density at radius 3 is 2.25 bits per heavy atom. The minimum Gasteiger partial charge on any atom is -0.544 e. The molecule has 0 spiro atoms. The molecule has 1 aromatic rings. The molecule has 88 valence electrons. The zero-order valence-electron chi connectivity index (χ0n) is 7.76. The predicted molar refractivity (Wildman–Crippen MR) is 60.0 cm³/mol. The lowest BCUT2D eigenvalue weighted by Gasteiger charge is -2.07. The van der Waals surface area contributed by atoms with Gasteiger partial charge in [-0.1, -0.05) is 34.8 Å². The summed E-state index contributed by atoms with van der Waals surface area (Å²) in [6.07, 6.45) is -0.296. The number of hydrogen-bond acceptors (Lipinski definition) is 4. The van der Waals surface area contributed by atoms with E-state index in [1.54, 1.807) is 0 Å². The van der Waals surface area contributed by atoms with Crippen molar-refractivity contribution in [2.75, 3.05) is 0 Å². The maximum atomic E-state index is 11.6. The van der Waals surface area contributed by atoms with Gasteiger partial charge in [-0.3, -0.25) is 4.79 Å². The van der Waals surface area contributed by atoms with Crippen LogP contribution in [0.2, 0.25) is 14.4 Å². The summed E-state index contributed by atoms with van der Waals surface area (Å²) in [5, 5.41) is 10.6. The second kappa shape index (κ2) is 5.33. The van der Waals surface area contributed by atoms with Gasteiger partial charge in [-0.25, -0.2) is 0 Å². The number of carboxylic acids is 1. The Hall–Kier alpha value is -0.330. The number of halogens is 3. The first-order valence-electron chi connectivity index (χ1n) is 4.05. The highest BCUT2D eigenvalue weighted by Crippen LogP contribution is 2.40. The molecule has 0 saturated heterocycles. The summed E-state index contributed by atoms with van der Waals surface area (Å²) in [7, 11) is 0. The summed E-state index contributed by atoms with van der Waals surface area (Å²) < 4.78 is 0.198. The van der Waals surface area contributed by atoms with Crippen LogP contribution in [-0.2, 0) is 4.79 Å². The number of carbonyl (C=O) groups excluding carboxylic acids is 2. The topological polar surface area (TPSA) is 84.8 Å². The number of carbonyl (C=O) groups is 2. The third kappa shape index (κ3) is 2.87. The lowest BCUT2D eigenvalue weighted by molar-refractivity contribution is -0.435. The van der Waals surface area contributed by atoms with Crippen molar-refractivity contribution in [3.8, 4) is 0 Å². The molecule has 3 N–H and O–H groups in total. The number of rotatable bonds is 4. The van der Waals surface area contributed by atoms with Gasteiger partial charge in [-0.2, -0.15) is 0 Å². The van der Waals surface area contributed by atoms with Crippen LogP contribution in [0.25, 0.3) is 0 Å². The number of ketones is 1. The Kier molecular flexibility index (Phi) is 4.58. The van der Waals surface area contributed by atoms with E-state index >= 15 is 0 Å². The molecule has 0 aliphatic rings. The smallest absolute Gasteiger partial charge is 0.180 e. The molecule has 4 nitrogen and oxygen atoms in total. The largest absolute Gasteiger partial charge is 0.544 e. The van der Waals surface area contributed by atoms with Crippen molar-refractivity contribution in [1.29, 1.82) is 0 Å². The van der Waals surface area contributed by atoms with Gasteiger partial charge in [0.05, 0.1) is 27.3 Å². The Balaban J connectivity index is 2.89. The molecular weight excluding hydrogens is 297 g/mol. The standard InChI is InChI=1S/C8H6Cl3NO3S/c9-4-5(10)7(11)16-6(4)3(13)1-2(12)8(14)15/h2H,1,12H2,(H,14,15)/t2-/m0/s1. The van der Waals surface area contributed by atoms with Crippen LogP contribution in [0.4, 0.5) is 0 Å². The van der Waals surface area contributed by atoms with Crippen LogP contribution in [0, 0.1) is 0 Å². The van der Waals surface area contributed by atoms with Crippen molar-refractivity contribution in [1.82, 2.24) is 0 Å². The van der Waals surface area contributed by atoms with E-state index in [4.69, 9.17) is 34.8 Å². The van der Waals surface area contributed by atoms with Gasteiger partial charge in [0.2, 0.25) is 0 Å². The van der Waals surface area contributed by atoms with E-state index in [0.717, 1.165) is 11.3 Å². The van der Waals surface area contributed by atoms with Crippen molar-refractivity contribution in [2.45, 2.75) is 12.5 Å². The highest BCUT2D eigenvalue weighted by atomic mass is 35.5. The average molecular weight is 303 g/mol. The van der Waals surface area contributed by atoms with Crippen LogP contribution in [-0.4, -0.2) is 17.8 Å². The van der Waals surface area contributed by atoms with Gasteiger partial charge in [-0.05, 0) is 0 Å². The molecule has 1 atom stereocenters. The fraction of sp³-hybridized carbons (Fsp3) is 0.250. The van der Waals surface area contributed by atoms with E-state index < -0.39 is 17.8 Å². The van der Waals surface area contributed by atoms with E-state index in [-0.39, 0.29) is 25.7 Å². The minimum atomic E-state index is -1.39. The van der Waals surface area contributed by atoms with Gasteiger partial charge < -0.3 is 15.6 Å². The van der Waals surface area contributed by atoms with Gasteiger partial charge in [0.1, 0.15) is 10.4 Å². The number of aliphatic carboxylic acids is 1. The summed E-state index contributed by atoms with van der Waals surface area (Å²) in [5.74, 6) is -1.86. The van der Waals surface area contributed by atoms with E-state index in [1.165, 1.54) is 0 Å². The predicted octanol–water partition coefficient (Wildman–Crippen LogP) is 0.641. The van der Waals surface area contributed by atoms with Crippen molar-refractivity contribution >= 4 is 57.9 Å². The van der Waals surface area contributed by atoms with Crippen molar-refractivity contribution in [3.63, 3.8) is 0 Å². The summed E-state index contributed by atoms with van der Waals surface area (Å²) in [6.45, 7) is 0. The molecule has 0 aliphatic heterocycles. The lowest BCUT2D eigenvalue weighted by atomic mass is 10.1. The van der Waals surface area contributed by atoms with Gasteiger partial charge >= 0.3 is 0 Å². The number of carboxylic acid groups (broad SMARTS) is 1. The van der Waals surface area contributed by atoms with Gasteiger partial charge in [-0.15, -0.1) is 11.3 Å². The SMILES string of the molecule is [NH3+][C@@H](CC(=O)c1sc(Cl)c(Cl)c1Cl)C(=O)[O-]. The van der Waals surface area contributed by atoms with Gasteiger partial charge in [0.15, 0.2) is 5.78 Å². The Morgan fingerprint density at radius 2 is 1.88 bits per heavy atom.